The lowest BCUT2D eigenvalue weighted by Crippen LogP contribution is -2.52. The van der Waals surface area contributed by atoms with Crippen LogP contribution in [0.15, 0.2) is 24.3 Å². The molecule has 1 fully saturated rings. The molecular weight excluding hydrogens is 238 g/mol. The second-order valence-corrected chi connectivity index (χ2v) is 4.86. The quantitative estimate of drug-likeness (QED) is 0.846. The maximum Gasteiger partial charge on any atom is 0.157 e. The van der Waals surface area contributed by atoms with E-state index in [0.29, 0.717) is 24.3 Å². The van der Waals surface area contributed by atoms with Crippen molar-refractivity contribution in [1.82, 2.24) is 5.32 Å². The zero-order valence-corrected chi connectivity index (χ0v) is 10.5. The van der Waals surface area contributed by atoms with Gasteiger partial charge in [-0.2, -0.15) is 0 Å². The SMILES string of the molecule is CNC1(c2ccccc2Cl)CC(O)CCC1=O. The van der Waals surface area contributed by atoms with Crippen molar-refractivity contribution in [2.24, 2.45) is 0 Å². The lowest BCUT2D eigenvalue weighted by molar-refractivity contribution is -0.130. The minimum atomic E-state index is -0.837. The van der Waals surface area contributed by atoms with E-state index >= 15 is 0 Å². The minimum absolute atomic E-state index is 0.0957. The number of rotatable bonds is 2. The van der Waals surface area contributed by atoms with Crippen LogP contribution >= 0.6 is 11.6 Å². The fourth-order valence-corrected chi connectivity index (χ4v) is 2.82. The summed E-state index contributed by atoms with van der Waals surface area (Å²) in [6.07, 6.45) is 0.836. The van der Waals surface area contributed by atoms with Crippen molar-refractivity contribution in [3.8, 4) is 0 Å². The number of carbonyl (C=O) groups excluding carboxylic acids is 1. The Morgan fingerprint density at radius 1 is 1.47 bits per heavy atom. The van der Waals surface area contributed by atoms with Gasteiger partial charge in [0.05, 0.1) is 6.10 Å². The predicted molar refractivity (Wildman–Crippen MR) is 67.1 cm³/mol. The van der Waals surface area contributed by atoms with E-state index in [4.69, 9.17) is 11.6 Å². The number of halogens is 1. The highest BCUT2D eigenvalue weighted by molar-refractivity contribution is 6.31. The molecule has 2 atom stereocenters. The number of ketones is 1. The van der Waals surface area contributed by atoms with Crippen molar-refractivity contribution < 1.29 is 9.90 Å². The molecule has 4 heteroatoms. The highest BCUT2D eigenvalue weighted by Gasteiger charge is 2.44. The van der Waals surface area contributed by atoms with E-state index in [-0.39, 0.29) is 5.78 Å². The number of carbonyl (C=O) groups is 1. The molecular formula is C13H16ClNO2. The van der Waals surface area contributed by atoms with Crippen LogP contribution in [0.2, 0.25) is 5.02 Å². The van der Waals surface area contributed by atoms with E-state index in [0.717, 1.165) is 5.56 Å². The monoisotopic (exact) mass is 253 g/mol. The Balaban J connectivity index is 2.49. The molecule has 0 spiro atoms. The van der Waals surface area contributed by atoms with Crippen molar-refractivity contribution in [3.05, 3.63) is 34.9 Å². The first-order chi connectivity index (χ1) is 8.10. The molecule has 2 rings (SSSR count). The first-order valence-electron chi connectivity index (χ1n) is 5.75. The summed E-state index contributed by atoms with van der Waals surface area (Å²) in [5, 5.41) is 13.4. The zero-order valence-electron chi connectivity index (χ0n) is 9.74. The van der Waals surface area contributed by atoms with Crippen LogP contribution in [0.4, 0.5) is 0 Å². The first kappa shape index (κ1) is 12.6. The number of benzene rings is 1. The van der Waals surface area contributed by atoms with Crippen LogP contribution in [0.5, 0.6) is 0 Å². The molecule has 0 saturated heterocycles. The molecule has 0 aromatic heterocycles. The van der Waals surface area contributed by atoms with Gasteiger partial charge in [-0.1, -0.05) is 29.8 Å². The molecule has 0 bridgehead atoms. The first-order valence-corrected chi connectivity index (χ1v) is 6.13. The molecule has 0 radical (unpaired) electrons. The maximum absolute atomic E-state index is 12.2. The molecule has 2 unspecified atom stereocenters. The largest absolute Gasteiger partial charge is 0.393 e. The lowest BCUT2D eigenvalue weighted by atomic mass is 9.74. The third kappa shape index (κ3) is 2.10. The topological polar surface area (TPSA) is 49.3 Å². The molecule has 2 N–H and O–H groups in total. The minimum Gasteiger partial charge on any atom is -0.393 e. The molecule has 3 nitrogen and oxygen atoms in total. The van der Waals surface area contributed by atoms with E-state index in [1.165, 1.54) is 0 Å². The summed E-state index contributed by atoms with van der Waals surface area (Å²) < 4.78 is 0. The van der Waals surface area contributed by atoms with Gasteiger partial charge in [-0.25, -0.2) is 0 Å². The van der Waals surface area contributed by atoms with Gasteiger partial charge >= 0.3 is 0 Å². The van der Waals surface area contributed by atoms with E-state index in [1.54, 1.807) is 13.1 Å². The van der Waals surface area contributed by atoms with Crippen LogP contribution in [0.3, 0.4) is 0 Å². The van der Waals surface area contributed by atoms with Crippen molar-refractivity contribution in [3.63, 3.8) is 0 Å². The normalized spacial score (nSPS) is 29.4. The maximum atomic E-state index is 12.2. The van der Waals surface area contributed by atoms with E-state index < -0.39 is 11.6 Å². The molecule has 1 aromatic carbocycles. The Morgan fingerprint density at radius 2 is 2.18 bits per heavy atom. The van der Waals surface area contributed by atoms with Crippen molar-refractivity contribution in [2.75, 3.05) is 7.05 Å². The number of likely N-dealkylation sites (N-methyl/N-ethyl adjacent to an activating group) is 1. The smallest absolute Gasteiger partial charge is 0.157 e. The van der Waals surface area contributed by atoms with E-state index in [1.807, 2.05) is 18.2 Å². The summed E-state index contributed by atoms with van der Waals surface area (Å²) in [6.45, 7) is 0. The number of hydrogen-bond donors (Lipinski definition) is 2. The predicted octanol–water partition coefficient (Wildman–Crippen LogP) is 1.87. The van der Waals surface area contributed by atoms with Crippen LogP contribution in [-0.4, -0.2) is 24.0 Å². The molecule has 1 aliphatic carbocycles. The second-order valence-electron chi connectivity index (χ2n) is 4.45. The number of nitrogens with one attached hydrogen (secondary N) is 1. The Morgan fingerprint density at radius 3 is 2.82 bits per heavy atom. The van der Waals surface area contributed by atoms with Gasteiger partial charge in [-0.3, -0.25) is 4.79 Å². The summed E-state index contributed by atoms with van der Waals surface area (Å²) in [5.74, 6) is 0.0957. The summed E-state index contributed by atoms with van der Waals surface area (Å²) in [6, 6.07) is 7.30. The van der Waals surface area contributed by atoms with Crippen molar-refractivity contribution in [2.45, 2.75) is 30.9 Å². The average molecular weight is 254 g/mol. The van der Waals surface area contributed by atoms with E-state index in [2.05, 4.69) is 5.32 Å². The van der Waals surface area contributed by atoms with Crippen LogP contribution < -0.4 is 5.32 Å². The van der Waals surface area contributed by atoms with Gasteiger partial charge in [0.15, 0.2) is 5.78 Å². The molecule has 1 aliphatic rings. The molecule has 92 valence electrons. The Bertz CT molecular complexity index is 435. The van der Waals surface area contributed by atoms with Crippen molar-refractivity contribution >= 4 is 17.4 Å². The second kappa shape index (κ2) is 4.77. The van der Waals surface area contributed by atoms with Gasteiger partial charge in [0.1, 0.15) is 5.54 Å². The Labute approximate surface area is 106 Å². The summed E-state index contributed by atoms with van der Waals surface area (Å²) >= 11 is 6.17. The third-order valence-electron chi connectivity index (χ3n) is 3.48. The average Bonchev–Trinajstić information content (AvgIpc) is 2.33. The Kier molecular flexibility index (Phi) is 3.52. The van der Waals surface area contributed by atoms with Gasteiger partial charge in [0, 0.05) is 17.9 Å². The Hall–Kier alpha value is -0.900. The fraction of sp³-hybridized carbons (Fsp3) is 0.462. The van der Waals surface area contributed by atoms with E-state index in [9.17, 15) is 9.90 Å². The molecule has 1 aromatic rings. The highest BCUT2D eigenvalue weighted by atomic mass is 35.5. The highest BCUT2D eigenvalue weighted by Crippen LogP contribution is 2.37. The van der Waals surface area contributed by atoms with Gasteiger partial charge in [0.2, 0.25) is 0 Å². The van der Waals surface area contributed by atoms with Crippen LogP contribution in [0, 0.1) is 0 Å². The fourth-order valence-electron chi connectivity index (χ4n) is 2.52. The summed E-state index contributed by atoms with van der Waals surface area (Å²) in [7, 11) is 1.74. The third-order valence-corrected chi connectivity index (χ3v) is 3.81. The standard InChI is InChI=1S/C13H16ClNO2/c1-15-13(8-9(16)6-7-12(13)17)10-4-2-3-5-11(10)14/h2-5,9,15-16H,6-8H2,1H3. The summed E-state index contributed by atoms with van der Waals surface area (Å²) in [4.78, 5) is 12.2. The summed E-state index contributed by atoms with van der Waals surface area (Å²) in [5.41, 5.74) is -0.0800. The number of hydrogen-bond acceptors (Lipinski definition) is 3. The van der Waals surface area contributed by atoms with Gasteiger partial charge in [-0.15, -0.1) is 0 Å². The molecule has 0 amide bonds. The van der Waals surface area contributed by atoms with Gasteiger partial charge in [0.25, 0.3) is 0 Å². The number of aliphatic hydroxyl groups excluding tert-OH is 1. The zero-order chi connectivity index (χ0) is 12.5. The van der Waals surface area contributed by atoms with Crippen LogP contribution in [0.1, 0.15) is 24.8 Å². The van der Waals surface area contributed by atoms with Crippen molar-refractivity contribution in [1.29, 1.82) is 0 Å². The number of aliphatic hydroxyl groups is 1. The molecule has 17 heavy (non-hydrogen) atoms. The molecule has 1 saturated carbocycles. The number of Topliss-reactive ketones (excluding diaryl/α,β-unsaturated/α-hetero) is 1. The van der Waals surface area contributed by atoms with Crippen LogP contribution in [-0.2, 0) is 10.3 Å². The lowest BCUT2D eigenvalue weighted by Gasteiger charge is -2.38. The molecule has 0 aliphatic heterocycles. The van der Waals surface area contributed by atoms with Gasteiger partial charge in [-0.05, 0) is 25.1 Å². The molecule has 0 heterocycles. The van der Waals surface area contributed by atoms with Gasteiger partial charge < -0.3 is 10.4 Å². The van der Waals surface area contributed by atoms with Crippen LogP contribution in [0.25, 0.3) is 0 Å².